The molecule has 0 atom stereocenters. The van der Waals surface area contributed by atoms with E-state index in [1.807, 2.05) is 11.6 Å². The smallest absolute Gasteiger partial charge is 0.271 e. The Morgan fingerprint density at radius 2 is 2.37 bits per heavy atom. The molecule has 0 aliphatic heterocycles. The molecule has 0 unspecified atom stereocenters. The van der Waals surface area contributed by atoms with Gasteiger partial charge >= 0.3 is 0 Å². The first kappa shape index (κ1) is 12.3. The summed E-state index contributed by atoms with van der Waals surface area (Å²) in [6.45, 7) is 0.382. The van der Waals surface area contributed by atoms with Gasteiger partial charge in [0.15, 0.2) is 5.82 Å². The molecule has 0 bridgehead atoms. The molecule has 2 aromatic rings. The van der Waals surface area contributed by atoms with Crippen molar-refractivity contribution in [3.8, 4) is 0 Å². The van der Waals surface area contributed by atoms with Gasteiger partial charge in [0.2, 0.25) is 0 Å². The summed E-state index contributed by atoms with van der Waals surface area (Å²) in [6.07, 6.45) is 3.65. The molecule has 1 aliphatic carbocycles. The van der Waals surface area contributed by atoms with Crippen LogP contribution in [-0.4, -0.2) is 25.7 Å². The first-order valence-electron chi connectivity index (χ1n) is 6.30. The number of amides is 1. The maximum Gasteiger partial charge on any atom is 0.271 e. The second-order valence-corrected chi connectivity index (χ2v) is 5.44. The lowest BCUT2D eigenvalue weighted by Gasteiger charge is -2.24. The van der Waals surface area contributed by atoms with Gasteiger partial charge in [-0.25, -0.2) is 4.98 Å². The van der Waals surface area contributed by atoms with Crippen molar-refractivity contribution in [1.29, 1.82) is 0 Å². The van der Waals surface area contributed by atoms with E-state index in [2.05, 4.69) is 20.5 Å². The van der Waals surface area contributed by atoms with E-state index in [4.69, 9.17) is 0 Å². The van der Waals surface area contributed by atoms with Crippen LogP contribution in [0.3, 0.4) is 0 Å². The van der Waals surface area contributed by atoms with Gasteiger partial charge in [-0.3, -0.25) is 4.79 Å². The number of hydrogen-bond acceptors (Lipinski definition) is 5. The molecule has 1 fully saturated rings. The van der Waals surface area contributed by atoms with Crippen LogP contribution in [0, 0.1) is 0 Å². The summed E-state index contributed by atoms with van der Waals surface area (Å²) in [5, 5.41) is 12.9. The van der Waals surface area contributed by atoms with Gasteiger partial charge in [0.1, 0.15) is 11.5 Å². The van der Waals surface area contributed by atoms with Gasteiger partial charge in [0, 0.05) is 18.3 Å². The number of nitrogens with zero attached hydrogens (tertiary/aromatic N) is 4. The Morgan fingerprint density at radius 1 is 1.53 bits per heavy atom. The summed E-state index contributed by atoms with van der Waals surface area (Å²) < 4.78 is 1.99. The molecular weight excluding hydrogens is 262 g/mol. The highest BCUT2D eigenvalue weighted by molar-refractivity contribution is 7.07. The minimum absolute atomic E-state index is 0.172. The second kappa shape index (κ2) is 5.08. The third-order valence-corrected chi connectivity index (χ3v) is 4.13. The van der Waals surface area contributed by atoms with Crippen molar-refractivity contribution in [3.63, 3.8) is 0 Å². The Hall–Kier alpha value is -1.76. The zero-order chi connectivity index (χ0) is 13.2. The van der Waals surface area contributed by atoms with E-state index in [1.165, 1.54) is 30.6 Å². The Labute approximate surface area is 114 Å². The van der Waals surface area contributed by atoms with Crippen LogP contribution in [0.25, 0.3) is 0 Å². The second-order valence-electron chi connectivity index (χ2n) is 4.72. The average molecular weight is 277 g/mol. The van der Waals surface area contributed by atoms with Crippen molar-refractivity contribution >= 4 is 17.2 Å². The molecule has 0 spiro atoms. The topological polar surface area (TPSA) is 72.7 Å². The highest BCUT2D eigenvalue weighted by atomic mass is 32.1. The van der Waals surface area contributed by atoms with Gasteiger partial charge in [-0.1, -0.05) is 6.42 Å². The van der Waals surface area contributed by atoms with E-state index in [0.717, 1.165) is 11.6 Å². The fourth-order valence-corrected chi connectivity index (χ4v) is 2.66. The van der Waals surface area contributed by atoms with E-state index < -0.39 is 0 Å². The van der Waals surface area contributed by atoms with Crippen LogP contribution in [-0.2, 0) is 13.6 Å². The SMILES string of the molecule is Cn1c(CNC(=O)c2cscn2)nnc1C1CCC1. The summed E-state index contributed by atoms with van der Waals surface area (Å²) in [7, 11) is 1.96. The molecule has 2 heterocycles. The third kappa shape index (κ3) is 2.37. The highest BCUT2D eigenvalue weighted by Gasteiger charge is 2.25. The largest absolute Gasteiger partial charge is 0.343 e. The number of aromatic nitrogens is 4. The molecule has 2 aromatic heterocycles. The number of thiazole rings is 1. The van der Waals surface area contributed by atoms with E-state index in [9.17, 15) is 4.79 Å². The summed E-state index contributed by atoms with van der Waals surface area (Å²) in [5.41, 5.74) is 2.10. The average Bonchev–Trinajstić information content (AvgIpc) is 2.97. The van der Waals surface area contributed by atoms with Crippen molar-refractivity contribution in [2.75, 3.05) is 0 Å². The molecule has 6 nitrogen and oxygen atoms in total. The lowest BCUT2D eigenvalue weighted by Crippen LogP contribution is -2.25. The number of hydrogen-bond donors (Lipinski definition) is 1. The minimum Gasteiger partial charge on any atom is -0.343 e. The van der Waals surface area contributed by atoms with Crippen LogP contribution in [0.2, 0.25) is 0 Å². The molecule has 0 aromatic carbocycles. The molecule has 1 saturated carbocycles. The fourth-order valence-electron chi connectivity index (χ4n) is 2.13. The zero-order valence-corrected chi connectivity index (χ0v) is 11.5. The van der Waals surface area contributed by atoms with Gasteiger partial charge in [-0.15, -0.1) is 21.5 Å². The van der Waals surface area contributed by atoms with Crippen LogP contribution in [0.15, 0.2) is 10.9 Å². The molecule has 3 rings (SSSR count). The highest BCUT2D eigenvalue weighted by Crippen LogP contribution is 2.34. The van der Waals surface area contributed by atoms with Gasteiger partial charge in [0.05, 0.1) is 12.1 Å². The van der Waals surface area contributed by atoms with Crippen LogP contribution in [0.4, 0.5) is 0 Å². The first-order chi connectivity index (χ1) is 9.25. The Balaban J connectivity index is 1.64. The van der Waals surface area contributed by atoms with Gasteiger partial charge in [-0.05, 0) is 12.8 Å². The molecule has 1 aliphatic rings. The van der Waals surface area contributed by atoms with Crippen molar-refractivity contribution in [3.05, 3.63) is 28.2 Å². The molecule has 0 radical (unpaired) electrons. The van der Waals surface area contributed by atoms with Crippen LogP contribution >= 0.6 is 11.3 Å². The summed E-state index contributed by atoms with van der Waals surface area (Å²) >= 11 is 1.41. The molecule has 19 heavy (non-hydrogen) atoms. The van der Waals surface area contributed by atoms with Crippen LogP contribution in [0.1, 0.15) is 47.3 Å². The molecule has 100 valence electrons. The third-order valence-electron chi connectivity index (χ3n) is 3.54. The Bertz CT molecular complexity index is 573. The number of carbonyl (C=O) groups excluding carboxylic acids is 1. The van der Waals surface area contributed by atoms with Crippen molar-refractivity contribution in [1.82, 2.24) is 25.1 Å². The predicted octanol–water partition coefficient (Wildman–Crippen LogP) is 1.47. The standard InChI is InChI=1S/C12H15N5OS/c1-17-10(15-16-11(17)8-3-2-4-8)5-13-12(18)9-6-19-7-14-9/h6-8H,2-5H2,1H3,(H,13,18). The number of nitrogens with one attached hydrogen (secondary N) is 1. The molecule has 1 N–H and O–H groups in total. The fraction of sp³-hybridized carbons (Fsp3) is 0.500. The minimum atomic E-state index is -0.172. The lowest BCUT2D eigenvalue weighted by atomic mass is 9.85. The summed E-state index contributed by atoms with van der Waals surface area (Å²) in [6, 6.07) is 0. The van der Waals surface area contributed by atoms with E-state index >= 15 is 0 Å². The maximum atomic E-state index is 11.8. The van der Waals surface area contributed by atoms with Gasteiger partial charge in [-0.2, -0.15) is 0 Å². The number of rotatable bonds is 4. The van der Waals surface area contributed by atoms with E-state index in [-0.39, 0.29) is 5.91 Å². The van der Waals surface area contributed by atoms with Crippen molar-refractivity contribution in [2.45, 2.75) is 31.7 Å². The zero-order valence-electron chi connectivity index (χ0n) is 10.7. The van der Waals surface area contributed by atoms with E-state index in [0.29, 0.717) is 18.2 Å². The van der Waals surface area contributed by atoms with Crippen LogP contribution < -0.4 is 5.32 Å². The normalized spacial score (nSPS) is 15.2. The Morgan fingerprint density at radius 3 is 3.00 bits per heavy atom. The van der Waals surface area contributed by atoms with E-state index in [1.54, 1.807) is 10.9 Å². The predicted molar refractivity (Wildman–Crippen MR) is 70.9 cm³/mol. The summed E-state index contributed by atoms with van der Waals surface area (Å²) in [5.74, 6) is 2.18. The van der Waals surface area contributed by atoms with Crippen LogP contribution in [0.5, 0.6) is 0 Å². The van der Waals surface area contributed by atoms with Gasteiger partial charge < -0.3 is 9.88 Å². The molecule has 0 saturated heterocycles. The lowest BCUT2D eigenvalue weighted by molar-refractivity contribution is 0.0945. The van der Waals surface area contributed by atoms with Gasteiger partial charge in [0.25, 0.3) is 5.91 Å². The first-order valence-corrected chi connectivity index (χ1v) is 7.24. The molecular formula is C12H15N5OS. The summed E-state index contributed by atoms with van der Waals surface area (Å²) in [4.78, 5) is 15.7. The Kier molecular flexibility index (Phi) is 3.29. The molecule has 1 amide bonds. The molecule has 7 heteroatoms. The quantitative estimate of drug-likeness (QED) is 0.918. The maximum absolute atomic E-state index is 11.8. The van der Waals surface area contributed by atoms with Crippen molar-refractivity contribution < 1.29 is 4.79 Å². The monoisotopic (exact) mass is 277 g/mol. The number of carbonyl (C=O) groups is 1. The van der Waals surface area contributed by atoms with Crippen molar-refractivity contribution in [2.24, 2.45) is 7.05 Å².